The van der Waals surface area contributed by atoms with E-state index in [1.165, 1.54) is 11.4 Å². The Morgan fingerprint density at radius 1 is 1.30 bits per heavy atom. The average molecular weight is 297 g/mol. The lowest BCUT2D eigenvalue weighted by Gasteiger charge is -2.32. The van der Waals surface area contributed by atoms with Crippen molar-refractivity contribution in [2.45, 2.75) is 31.1 Å². The zero-order valence-electron chi connectivity index (χ0n) is 11.5. The molecule has 5 nitrogen and oxygen atoms in total. The van der Waals surface area contributed by atoms with Crippen LogP contribution in [0.15, 0.2) is 30.3 Å². The Morgan fingerprint density at radius 2 is 2.00 bits per heavy atom. The number of piperidine rings is 1. The van der Waals surface area contributed by atoms with E-state index in [0.29, 0.717) is 13.0 Å². The van der Waals surface area contributed by atoms with Crippen LogP contribution < -0.4 is 0 Å². The van der Waals surface area contributed by atoms with Gasteiger partial charge in [0.15, 0.2) is 0 Å². The van der Waals surface area contributed by atoms with Gasteiger partial charge in [0, 0.05) is 6.54 Å². The molecule has 1 fully saturated rings. The van der Waals surface area contributed by atoms with E-state index in [9.17, 15) is 13.2 Å². The summed E-state index contributed by atoms with van der Waals surface area (Å²) in [6.45, 7) is 0.384. The molecule has 0 spiro atoms. The maximum atomic E-state index is 12.5. The number of hydrogen-bond acceptors (Lipinski definition) is 4. The fourth-order valence-corrected chi connectivity index (χ4v) is 4.24. The molecule has 1 aliphatic rings. The van der Waals surface area contributed by atoms with E-state index >= 15 is 0 Å². The lowest BCUT2D eigenvalue weighted by atomic mass is 10.1. The van der Waals surface area contributed by atoms with Crippen LogP contribution in [0.25, 0.3) is 0 Å². The van der Waals surface area contributed by atoms with Gasteiger partial charge < -0.3 is 4.74 Å². The van der Waals surface area contributed by atoms with E-state index in [0.717, 1.165) is 18.4 Å². The monoisotopic (exact) mass is 297 g/mol. The first kappa shape index (κ1) is 15.0. The third-order valence-electron chi connectivity index (χ3n) is 3.48. The van der Waals surface area contributed by atoms with Crippen molar-refractivity contribution in [3.8, 4) is 0 Å². The Bertz CT molecular complexity index is 556. The van der Waals surface area contributed by atoms with Crippen LogP contribution in [0.3, 0.4) is 0 Å². The summed E-state index contributed by atoms with van der Waals surface area (Å²) in [6, 6.07) is 8.32. The quantitative estimate of drug-likeness (QED) is 0.791. The van der Waals surface area contributed by atoms with E-state index in [2.05, 4.69) is 0 Å². The third kappa shape index (κ3) is 3.37. The predicted octanol–water partition coefficient (Wildman–Crippen LogP) is 1.54. The number of esters is 1. The Morgan fingerprint density at radius 3 is 2.65 bits per heavy atom. The zero-order valence-corrected chi connectivity index (χ0v) is 12.3. The van der Waals surface area contributed by atoms with Crippen LogP contribution in [0.2, 0.25) is 0 Å². The molecule has 0 aromatic heterocycles. The molecule has 20 heavy (non-hydrogen) atoms. The molecule has 1 saturated heterocycles. The molecule has 0 amide bonds. The summed E-state index contributed by atoms with van der Waals surface area (Å²) in [6.07, 6.45) is 2.15. The summed E-state index contributed by atoms with van der Waals surface area (Å²) in [5.74, 6) is -0.553. The van der Waals surface area contributed by atoms with Gasteiger partial charge in [0.05, 0.1) is 12.9 Å². The maximum Gasteiger partial charge on any atom is 0.324 e. The topological polar surface area (TPSA) is 63.7 Å². The van der Waals surface area contributed by atoms with Crippen LogP contribution in [0.1, 0.15) is 24.8 Å². The molecule has 1 heterocycles. The SMILES string of the molecule is COC(=O)[C@H]1CCCCN1S(=O)(=O)Cc1ccccc1. The van der Waals surface area contributed by atoms with Crippen molar-refractivity contribution < 1.29 is 17.9 Å². The summed E-state index contributed by atoms with van der Waals surface area (Å²) in [7, 11) is -2.22. The molecule has 2 rings (SSSR count). The Balaban J connectivity index is 2.20. The van der Waals surface area contributed by atoms with Crippen LogP contribution in [-0.4, -0.2) is 38.4 Å². The summed E-state index contributed by atoms with van der Waals surface area (Å²) < 4.78 is 31.0. The molecule has 0 N–H and O–H groups in total. The van der Waals surface area contributed by atoms with Crippen LogP contribution >= 0.6 is 0 Å². The highest BCUT2D eigenvalue weighted by atomic mass is 32.2. The van der Waals surface area contributed by atoms with E-state index in [-0.39, 0.29) is 5.75 Å². The standard InChI is InChI=1S/C14H19NO4S/c1-19-14(16)13-9-5-6-10-15(13)20(17,18)11-12-7-3-2-4-8-12/h2-4,7-8,13H,5-6,9-11H2,1H3/t13-/m1/s1. The van der Waals surface area contributed by atoms with Gasteiger partial charge in [0.25, 0.3) is 0 Å². The predicted molar refractivity (Wildman–Crippen MR) is 75.4 cm³/mol. The van der Waals surface area contributed by atoms with Gasteiger partial charge in [-0.15, -0.1) is 0 Å². The van der Waals surface area contributed by atoms with Crippen LogP contribution in [0, 0.1) is 0 Å². The van der Waals surface area contributed by atoms with Gasteiger partial charge in [-0.2, -0.15) is 4.31 Å². The second-order valence-electron chi connectivity index (χ2n) is 4.89. The second kappa shape index (κ2) is 6.37. The van der Waals surface area contributed by atoms with Gasteiger partial charge in [-0.05, 0) is 24.8 Å². The van der Waals surface area contributed by atoms with E-state index in [1.54, 1.807) is 24.3 Å². The summed E-state index contributed by atoms with van der Waals surface area (Å²) >= 11 is 0. The summed E-state index contributed by atoms with van der Waals surface area (Å²) in [4.78, 5) is 11.7. The molecule has 6 heteroatoms. The minimum Gasteiger partial charge on any atom is -0.468 e. The summed E-state index contributed by atoms with van der Waals surface area (Å²) in [5, 5.41) is 0. The molecule has 0 aliphatic carbocycles. The Hall–Kier alpha value is -1.40. The summed E-state index contributed by atoms with van der Waals surface area (Å²) in [5.41, 5.74) is 0.724. The van der Waals surface area contributed by atoms with Crippen molar-refractivity contribution in [2.75, 3.05) is 13.7 Å². The minimum atomic E-state index is -3.51. The number of sulfonamides is 1. The molecule has 1 atom stereocenters. The van der Waals surface area contributed by atoms with Crippen LogP contribution in [-0.2, 0) is 25.3 Å². The van der Waals surface area contributed by atoms with Gasteiger partial charge in [0.1, 0.15) is 6.04 Å². The third-order valence-corrected chi connectivity index (χ3v) is 5.33. The molecule has 1 aromatic rings. The highest BCUT2D eigenvalue weighted by Crippen LogP contribution is 2.23. The van der Waals surface area contributed by atoms with Gasteiger partial charge in [-0.25, -0.2) is 8.42 Å². The van der Waals surface area contributed by atoms with E-state index in [1.807, 2.05) is 6.07 Å². The van der Waals surface area contributed by atoms with E-state index in [4.69, 9.17) is 4.74 Å². The van der Waals surface area contributed by atoms with Crippen molar-refractivity contribution in [1.29, 1.82) is 0 Å². The molecule has 0 saturated carbocycles. The van der Waals surface area contributed by atoms with Crippen LogP contribution in [0.4, 0.5) is 0 Å². The number of nitrogens with zero attached hydrogens (tertiary/aromatic N) is 1. The Kier molecular flexibility index (Phi) is 4.77. The van der Waals surface area contributed by atoms with Crippen molar-refractivity contribution in [3.63, 3.8) is 0 Å². The number of ether oxygens (including phenoxy) is 1. The normalized spacial score (nSPS) is 20.6. The van der Waals surface area contributed by atoms with E-state index < -0.39 is 22.0 Å². The number of rotatable bonds is 4. The number of carbonyl (C=O) groups excluding carboxylic acids is 1. The number of methoxy groups -OCH3 is 1. The Labute approximate surface area is 119 Å². The molecular formula is C14H19NO4S. The number of carbonyl (C=O) groups is 1. The molecular weight excluding hydrogens is 278 g/mol. The zero-order chi connectivity index (χ0) is 14.6. The minimum absolute atomic E-state index is 0.0820. The maximum absolute atomic E-state index is 12.5. The molecule has 1 aromatic carbocycles. The lowest BCUT2D eigenvalue weighted by Crippen LogP contribution is -2.48. The number of hydrogen-bond donors (Lipinski definition) is 0. The van der Waals surface area contributed by atoms with Crippen molar-refractivity contribution >= 4 is 16.0 Å². The molecule has 1 aliphatic heterocycles. The van der Waals surface area contributed by atoms with Crippen molar-refractivity contribution in [3.05, 3.63) is 35.9 Å². The van der Waals surface area contributed by atoms with Gasteiger partial charge in [-0.3, -0.25) is 4.79 Å². The number of benzene rings is 1. The fourth-order valence-electron chi connectivity index (χ4n) is 2.48. The molecule has 0 unspecified atom stereocenters. The van der Waals surface area contributed by atoms with Gasteiger partial charge >= 0.3 is 5.97 Å². The van der Waals surface area contributed by atoms with Crippen molar-refractivity contribution in [2.24, 2.45) is 0 Å². The second-order valence-corrected chi connectivity index (χ2v) is 6.81. The first-order valence-corrected chi connectivity index (χ1v) is 8.27. The van der Waals surface area contributed by atoms with Crippen molar-refractivity contribution in [1.82, 2.24) is 4.31 Å². The first-order chi connectivity index (χ1) is 9.54. The average Bonchev–Trinajstić information content (AvgIpc) is 2.47. The van der Waals surface area contributed by atoms with Crippen LogP contribution in [0.5, 0.6) is 0 Å². The smallest absolute Gasteiger partial charge is 0.324 e. The largest absolute Gasteiger partial charge is 0.468 e. The lowest BCUT2D eigenvalue weighted by molar-refractivity contribution is -0.146. The molecule has 0 bridgehead atoms. The molecule has 110 valence electrons. The van der Waals surface area contributed by atoms with Gasteiger partial charge in [0.2, 0.25) is 10.0 Å². The van der Waals surface area contributed by atoms with Gasteiger partial charge in [-0.1, -0.05) is 30.3 Å². The highest BCUT2D eigenvalue weighted by molar-refractivity contribution is 7.88. The fraction of sp³-hybridized carbons (Fsp3) is 0.500. The molecule has 0 radical (unpaired) electrons. The first-order valence-electron chi connectivity index (χ1n) is 6.66. The highest BCUT2D eigenvalue weighted by Gasteiger charge is 2.37.